The van der Waals surface area contributed by atoms with E-state index < -0.39 is 0 Å². The Morgan fingerprint density at radius 1 is 0.444 bits per heavy atom. The van der Waals surface area contributed by atoms with Crippen molar-refractivity contribution in [1.82, 2.24) is 0 Å². The zero-order valence-corrected chi connectivity index (χ0v) is 30.9. The molecular formula is C42H35ClN2O9+2. The average molecular weight is 747 g/mol. The Morgan fingerprint density at radius 3 is 1.72 bits per heavy atom. The predicted octanol–water partition coefficient (Wildman–Crippen LogP) is 7.58. The van der Waals surface area contributed by atoms with E-state index in [0.29, 0.717) is 17.2 Å². The predicted molar refractivity (Wildman–Crippen MR) is 206 cm³/mol. The second-order valence-electron chi connectivity index (χ2n) is 13.1. The molecule has 0 radical (unpaired) electrons. The van der Waals surface area contributed by atoms with Crippen LogP contribution in [0.15, 0.2) is 79.1 Å². The number of aromatic nitrogens is 2. The molecule has 54 heavy (non-hydrogen) atoms. The van der Waals surface area contributed by atoms with Gasteiger partial charge in [0.1, 0.15) is 19.8 Å². The van der Waals surface area contributed by atoms with E-state index in [-0.39, 0.29) is 32.8 Å². The van der Waals surface area contributed by atoms with E-state index in [1.165, 1.54) is 5.39 Å². The molecule has 11 nitrogen and oxygen atoms in total. The van der Waals surface area contributed by atoms with Crippen LogP contribution in [-0.2, 0) is 14.1 Å². The molecule has 11 rings (SSSR count). The summed E-state index contributed by atoms with van der Waals surface area (Å²) in [5.41, 5.74) is 2.23. The Kier molecular flexibility index (Phi) is 7.86. The van der Waals surface area contributed by atoms with E-state index in [1.807, 2.05) is 37.4 Å². The quantitative estimate of drug-likeness (QED) is 0.134. The molecule has 0 saturated carbocycles. The Morgan fingerprint density at radius 2 is 0.981 bits per heavy atom. The number of rotatable bonds is 3. The summed E-state index contributed by atoms with van der Waals surface area (Å²) in [5.74, 6) is 6.83. The molecule has 0 bridgehead atoms. The van der Waals surface area contributed by atoms with Crippen LogP contribution in [0.1, 0.15) is 0 Å². The Bertz CT molecular complexity index is 2880. The van der Waals surface area contributed by atoms with Crippen LogP contribution in [0.5, 0.6) is 51.7 Å². The highest BCUT2D eigenvalue weighted by molar-refractivity contribution is 6.18. The van der Waals surface area contributed by atoms with E-state index in [0.717, 1.165) is 94.0 Å². The van der Waals surface area contributed by atoms with E-state index in [9.17, 15) is 0 Å². The molecule has 5 heterocycles. The summed E-state index contributed by atoms with van der Waals surface area (Å²) in [6.07, 6.45) is 4.17. The monoisotopic (exact) mass is 746 g/mol. The molecule has 3 aliphatic heterocycles. The molecule has 2 aromatic heterocycles. The van der Waals surface area contributed by atoms with Gasteiger partial charge in [0.25, 0.3) is 0 Å². The van der Waals surface area contributed by atoms with Crippen molar-refractivity contribution in [1.29, 1.82) is 0 Å². The summed E-state index contributed by atoms with van der Waals surface area (Å²) in [5, 5.41) is 10.8. The maximum atomic E-state index is 5.74. The summed E-state index contributed by atoms with van der Waals surface area (Å²) in [7, 11) is 9.05. The molecule has 0 fully saturated rings. The maximum Gasteiger partial charge on any atom is 0.231 e. The van der Waals surface area contributed by atoms with E-state index in [4.69, 9.17) is 42.6 Å². The number of fused-ring (bicyclic) bond motifs is 15. The van der Waals surface area contributed by atoms with Crippen molar-refractivity contribution >= 4 is 77.3 Å². The fourth-order valence-corrected chi connectivity index (χ4v) is 7.99. The summed E-state index contributed by atoms with van der Waals surface area (Å²) < 4.78 is 54.6. The lowest BCUT2D eigenvalue weighted by Gasteiger charge is -2.13. The molecule has 6 aromatic carbocycles. The summed E-state index contributed by atoms with van der Waals surface area (Å²) in [4.78, 5) is 0. The van der Waals surface area contributed by atoms with Gasteiger partial charge in [0.15, 0.2) is 58.4 Å². The van der Waals surface area contributed by atoms with Gasteiger partial charge in [0.05, 0.1) is 53.6 Å². The van der Waals surface area contributed by atoms with Crippen LogP contribution in [0, 0.1) is 0 Å². The third-order valence-electron chi connectivity index (χ3n) is 10.4. The van der Waals surface area contributed by atoms with Gasteiger partial charge in [-0.2, -0.15) is 9.13 Å². The number of hydrogen-bond donors (Lipinski definition) is 0. The van der Waals surface area contributed by atoms with E-state index in [2.05, 4.69) is 65.0 Å². The summed E-state index contributed by atoms with van der Waals surface area (Å²) >= 11 is 0. The fourth-order valence-electron chi connectivity index (χ4n) is 7.99. The molecule has 0 saturated heterocycles. The molecule has 272 valence electrons. The Balaban J connectivity index is 0.000000140. The second kappa shape index (κ2) is 12.7. The SMILES string of the molecule is COc1cc2ccc3c4c(OC)cc5c(c4c[n+](C)c3c2cc1OC)OCO5.C[n+]1cc2c3c(ccc2c2ccc4cc5c(cc4c21)OCO5)OCO3.Cl. The first-order chi connectivity index (χ1) is 25.9. The second-order valence-corrected chi connectivity index (χ2v) is 13.1. The lowest BCUT2D eigenvalue weighted by molar-refractivity contribution is -0.642. The van der Waals surface area contributed by atoms with Crippen LogP contribution in [0.4, 0.5) is 0 Å². The van der Waals surface area contributed by atoms with E-state index in [1.54, 1.807) is 21.3 Å². The molecule has 0 unspecified atom stereocenters. The van der Waals surface area contributed by atoms with Crippen LogP contribution < -0.4 is 51.8 Å². The third-order valence-corrected chi connectivity index (χ3v) is 10.4. The first-order valence-electron chi connectivity index (χ1n) is 17.1. The third kappa shape index (κ3) is 4.88. The molecule has 0 aliphatic carbocycles. The number of hydrogen-bond acceptors (Lipinski definition) is 9. The Labute approximate surface area is 315 Å². The van der Waals surface area contributed by atoms with Gasteiger partial charge >= 0.3 is 0 Å². The minimum Gasteiger partial charge on any atom is -0.496 e. The van der Waals surface area contributed by atoms with Crippen LogP contribution in [-0.4, -0.2) is 41.7 Å². The molecule has 0 N–H and O–H groups in total. The Hall–Kier alpha value is -6.33. The molecule has 8 aromatic rings. The van der Waals surface area contributed by atoms with Crippen molar-refractivity contribution in [3.8, 4) is 51.7 Å². The zero-order valence-electron chi connectivity index (χ0n) is 30.1. The van der Waals surface area contributed by atoms with Crippen LogP contribution in [0.2, 0.25) is 0 Å². The molecule has 0 spiro atoms. The van der Waals surface area contributed by atoms with Crippen molar-refractivity contribution < 1.29 is 51.8 Å². The maximum absolute atomic E-state index is 5.74. The van der Waals surface area contributed by atoms with Gasteiger partial charge in [0, 0.05) is 16.8 Å². The van der Waals surface area contributed by atoms with Crippen molar-refractivity contribution in [3.05, 3.63) is 79.1 Å². The highest BCUT2D eigenvalue weighted by Gasteiger charge is 2.27. The number of nitrogens with zero attached hydrogens (tertiary/aromatic N) is 2. The van der Waals surface area contributed by atoms with Crippen molar-refractivity contribution in [2.75, 3.05) is 41.7 Å². The lowest BCUT2D eigenvalue weighted by atomic mass is 9.99. The van der Waals surface area contributed by atoms with Gasteiger partial charge in [0.2, 0.25) is 31.4 Å². The summed E-state index contributed by atoms with van der Waals surface area (Å²) in [6.45, 7) is 0.771. The lowest BCUT2D eigenvalue weighted by Crippen LogP contribution is -2.28. The van der Waals surface area contributed by atoms with Gasteiger partial charge < -0.3 is 42.6 Å². The van der Waals surface area contributed by atoms with Crippen LogP contribution >= 0.6 is 12.4 Å². The molecule has 12 heteroatoms. The van der Waals surface area contributed by atoms with Gasteiger partial charge in [-0.15, -0.1) is 12.4 Å². The smallest absolute Gasteiger partial charge is 0.231 e. The van der Waals surface area contributed by atoms with Gasteiger partial charge in [-0.3, -0.25) is 0 Å². The number of methoxy groups -OCH3 is 3. The van der Waals surface area contributed by atoms with Crippen molar-refractivity contribution in [2.24, 2.45) is 14.1 Å². The first kappa shape index (κ1) is 33.5. The highest BCUT2D eigenvalue weighted by Crippen LogP contribution is 2.47. The zero-order chi connectivity index (χ0) is 36.0. The standard InChI is InChI=1S/C22H20NO5.C20H14NO4.ClH/c1-23-10-15-20(18(26-4)9-19-22(15)28-11-27-19)13-6-5-12-7-16(24-2)17(25-3)8-14(12)21(13)23;1-21-8-15-12(4-5-16-20(15)25-10-22-16)13-3-2-11-6-17-18(24-9-23-17)7-14(11)19(13)21;/h5-10H,11H2,1-4H3;2-8H,9-10H2,1H3;1H/q2*+1;. The van der Waals surface area contributed by atoms with Crippen molar-refractivity contribution in [2.45, 2.75) is 0 Å². The van der Waals surface area contributed by atoms with Gasteiger partial charge in [-0.25, -0.2) is 0 Å². The number of benzene rings is 6. The molecule has 0 atom stereocenters. The van der Waals surface area contributed by atoms with Gasteiger partial charge in [-0.1, -0.05) is 12.1 Å². The normalized spacial score (nSPS) is 13.4. The number of halogens is 1. The van der Waals surface area contributed by atoms with Gasteiger partial charge in [-0.05, 0) is 59.3 Å². The molecule has 0 amide bonds. The first-order valence-corrected chi connectivity index (χ1v) is 17.1. The topological polar surface area (TPSA) is 90.8 Å². The van der Waals surface area contributed by atoms with Crippen molar-refractivity contribution in [3.63, 3.8) is 0 Å². The largest absolute Gasteiger partial charge is 0.496 e. The van der Waals surface area contributed by atoms with Crippen LogP contribution in [0.25, 0.3) is 64.9 Å². The average Bonchev–Trinajstić information content (AvgIpc) is 3.97. The molecule has 3 aliphatic rings. The minimum atomic E-state index is 0. The summed E-state index contributed by atoms with van der Waals surface area (Å²) in [6, 6.07) is 22.6. The number of aryl methyl sites for hydroxylation is 2. The van der Waals surface area contributed by atoms with Crippen LogP contribution in [0.3, 0.4) is 0 Å². The number of pyridine rings is 2. The van der Waals surface area contributed by atoms with E-state index >= 15 is 0 Å². The minimum absolute atomic E-state index is 0. The fraction of sp³-hybridized carbons (Fsp3) is 0.190. The molecular weight excluding hydrogens is 712 g/mol. The number of ether oxygens (including phenoxy) is 9. The highest BCUT2D eigenvalue weighted by atomic mass is 35.5.